The van der Waals surface area contributed by atoms with Crippen LogP contribution in [0.2, 0.25) is 25.7 Å². The first-order valence-corrected chi connectivity index (χ1v) is 20.1. The highest BCUT2D eigenvalue weighted by atomic mass is 28.3. The Morgan fingerprint density at radius 3 is 2.51 bits per heavy atom. The summed E-state index contributed by atoms with van der Waals surface area (Å²) < 4.78 is 21.2. The van der Waals surface area contributed by atoms with Gasteiger partial charge in [-0.25, -0.2) is 19.0 Å². The van der Waals surface area contributed by atoms with Crippen LogP contribution in [0.3, 0.4) is 0 Å². The summed E-state index contributed by atoms with van der Waals surface area (Å²) in [4.78, 5) is 23.7. The zero-order valence-electron chi connectivity index (χ0n) is 29.5. The van der Waals surface area contributed by atoms with Crippen molar-refractivity contribution in [1.29, 1.82) is 0 Å². The molecule has 1 amide bonds. The largest absolute Gasteiger partial charge is 0.493 e. The van der Waals surface area contributed by atoms with Gasteiger partial charge in [-0.2, -0.15) is 10.2 Å². The Morgan fingerprint density at radius 1 is 1.13 bits per heavy atom. The maximum atomic E-state index is 12.6. The summed E-state index contributed by atoms with van der Waals surface area (Å²) in [6.45, 7) is 21.3. The fraction of sp³-hybridized carbons (Fsp3) is 0.514. The van der Waals surface area contributed by atoms with Crippen molar-refractivity contribution in [3.8, 4) is 28.4 Å². The zero-order chi connectivity index (χ0) is 34.1. The molecule has 0 radical (unpaired) electrons. The maximum absolute atomic E-state index is 12.6. The van der Waals surface area contributed by atoms with E-state index in [9.17, 15) is 4.79 Å². The molecule has 0 N–H and O–H groups in total. The highest BCUT2D eigenvalue weighted by Crippen LogP contribution is 2.39. The molecule has 252 valence electrons. The van der Waals surface area contributed by atoms with Crippen molar-refractivity contribution in [3.63, 3.8) is 0 Å². The molecule has 5 rings (SSSR count). The predicted octanol–water partition coefficient (Wildman–Crippen LogP) is 7.43. The topological polar surface area (TPSA) is 109 Å². The van der Waals surface area contributed by atoms with E-state index in [4.69, 9.17) is 24.3 Å². The Kier molecular flexibility index (Phi) is 9.93. The number of fused-ring (bicyclic) bond motifs is 1. The molecule has 0 bridgehead atoms. The molecule has 11 nitrogen and oxygen atoms in total. The lowest BCUT2D eigenvalue weighted by Gasteiger charge is -2.29. The monoisotopic (exact) mass is 659 g/mol. The van der Waals surface area contributed by atoms with Crippen LogP contribution in [0.4, 0.5) is 4.79 Å². The van der Waals surface area contributed by atoms with Gasteiger partial charge in [-0.3, -0.25) is 4.98 Å². The van der Waals surface area contributed by atoms with E-state index in [-0.39, 0.29) is 12.0 Å². The lowest BCUT2D eigenvalue weighted by Crippen LogP contribution is -2.39. The molecule has 0 saturated heterocycles. The van der Waals surface area contributed by atoms with Gasteiger partial charge in [0.1, 0.15) is 24.4 Å². The molecule has 0 fully saturated rings. The van der Waals surface area contributed by atoms with Crippen molar-refractivity contribution in [2.24, 2.45) is 0 Å². The third kappa shape index (κ3) is 7.93. The van der Waals surface area contributed by atoms with Gasteiger partial charge >= 0.3 is 6.09 Å². The molecular formula is C35H49N7O4Si. The second-order valence-corrected chi connectivity index (χ2v) is 20.4. The fourth-order valence-electron chi connectivity index (χ4n) is 5.74. The third-order valence-corrected chi connectivity index (χ3v) is 9.88. The average molecular weight is 660 g/mol. The number of nitrogens with zero attached hydrogens (tertiary/aromatic N) is 7. The van der Waals surface area contributed by atoms with Gasteiger partial charge in [0.05, 0.1) is 18.5 Å². The number of aromatic nitrogens is 6. The van der Waals surface area contributed by atoms with E-state index >= 15 is 0 Å². The summed E-state index contributed by atoms with van der Waals surface area (Å²) in [5.41, 5.74) is 8.06. The Morgan fingerprint density at radius 2 is 1.89 bits per heavy atom. The fourth-order valence-corrected chi connectivity index (χ4v) is 6.50. The number of hydrogen-bond donors (Lipinski definition) is 0. The number of hydrogen-bond acceptors (Lipinski definition) is 8. The standard InChI is InChI=1S/C35H49N7O4Si/c1-23(2)30-31(28-17-24(3)27(19-36-28)25-11-13-40(14-12-25)34(43)46-35(4,5)6)39-42(22-45-15-16-47(8,9)10)32(30)26-18-29(44-7)33-37-21-38-41(33)20-26/h11,17-21,23H,12-16,22H2,1-10H3. The van der Waals surface area contributed by atoms with E-state index < -0.39 is 13.7 Å². The summed E-state index contributed by atoms with van der Waals surface area (Å²) in [5, 5.41) is 9.56. The summed E-state index contributed by atoms with van der Waals surface area (Å²) in [5.74, 6) is 0.766. The lowest BCUT2D eigenvalue weighted by molar-refractivity contribution is 0.0270. The van der Waals surface area contributed by atoms with Gasteiger partial charge in [0.25, 0.3) is 0 Å². The van der Waals surface area contributed by atoms with Crippen LogP contribution >= 0.6 is 0 Å². The molecule has 0 aromatic carbocycles. The van der Waals surface area contributed by atoms with Gasteiger partial charge in [0, 0.05) is 51.3 Å². The van der Waals surface area contributed by atoms with Crippen molar-refractivity contribution >= 4 is 25.4 Å². The van der Waals surface area contributed by atoms with Crippen LogP contribution in [0, 0.1) is 6.92 Å². The molecule has 4 aromatic heterocycles. The molecular weight excluding hydrogens is 611 g/mol. The van der Waals surface area contributed by atoms with Crippen molar-refractivity contribution < 1.29 is 19.0 Å². The van der Waals surface area contributed by atoms with Crippen LogP contribution in [0.25, 0.3) is 33.9 Å². The van der Waals surface area contributed by atoms with Crippen molar-refractivity contribution in [2.75, 3.05) is 26.8 Å². The molecule has 47 heavy (non-hydrogen) atoms. The smallest absolute Gasteiger partial charge is 0.410 e. The normalized spacial score (nSPS) is 14.2. The second kappa shape index (κ2) is 13.6. The van der Waals surface area contributed by atoms with E-state index in [0.717, 1.165) is 51.8 Å². The van der Waals surface area contributed by atoms with Crippen molar-refractivity contribution in [2.45, 2.75) is 91.9 Å². The number of ether oxygens (including phenoxy) is 3. The third-order valence-electron chi connectivity index (χ3n) is 8.17. The number of rotatable bonds is 10. The number of methoxy groups -OCH3 is 1. The Hall–Kier alpha value is -4.03. The number of aryl methyl sites for hydroxylation is 1. The minimum atomic E-state index is -1.26. The maximum Gasteiger partial charge on any atom is 0.410 e. The summed E-state index contributed by atoms with van der Waals surface area (Å²) in [7, 11) is 0.384. The second-order valence-electron chi connectivity index (χ2n) is 14.7. The van der Waals surface area contributed by atoms with Crippen LogP contribution < -0.4 is 4.74 Å². The average Bonchev–Trinajstić information content (AvgIpc) is 3.63. The first-order chi connectivity index (χ1) is 22.1. The first kappa shape index (κ1) is 34.3. The minimum Gasteiger partial charge on any atom is -0.493 e. The quantitative estimate of drug-likeness (QED) is 0.128. The van der Waals surface area contributed by atoms with Gasteiger partial charge in [-0.05, 0) is 74.9 Å². The highest BCUT2D eigenvalue weighted by molar-refractivity contribution is 6.76. The van der Waals surface area contributed by atoms with Gasteiger partial charge in [-0.1, -0.05) is 39.6 Å². The van der Waals surface area contributed by atoms with E-state index in [2.05, 4.69) is 62.6 Å². The van der Waals surface area contributed by atoms with Crippen LogP contribution in [0.5, 0.6) is 5.75 Å². The van der Waals surface area contributed by atoms with Gasteiger partial charge in [0.15, 0.2) is 11.4 Å². The van der Waals surface area contributed by atoms with E-state index in [0.29, 0.717) is 37.8 Å². The number of carbonyl (C=O) groups excluding carboxylic acids is 1. The SMILES string of the molecule is COc1cc(-c2c(C(C)C)c(-c3cc(C)c(C4=CCN(C(=O)OC(C)(C)C)CC4)cn3)nn2COCC[Si](C)(C)C)cn2ncnc12. The van der Waals surface area contributed by atoms with E-state index in [1.54, 1.807) is 16.5 Å². The first-order valence-electron chi connectivity index (χ1n) is 16.4. The van der Waals surface area contributed by atoms with Gasteiger partial charge < -0.3 is 19.1 Å². The minimum absolute atomic E-state index is 0.134. The molecule has 0 saturated carbocycles. The molecule has 12 heteroatoms. The van der Waals surface area contributed by atoms with Crippen LogP contribution in [0.1, 0.15) is 63.6 Å². The number of carbonyl (C=O) groups is 1. The predicted molar refractivity (Wildman–Crippen MR) is 187 cm³/mol. The van der Waals surface area contributed by atoms with Gasteiger partial charge in [0.2, 0.25) is 0 Å². The van der Waals surface area contributed by atoms with Crippen molar-refractivity contribution in [1.82, 2.24) is 34.3 Å². The molecule has 1 aliphatic rings. The summed E-state index contributed by atoms with van der Waals surface area (Å²) in [6.07, 6.45) is 7.99. The molecule has 4 aromatic rings. The molecule has 0 spiro atoms. The molecule has 0 unspecified atom stereocenters. The highest BCUT2D eigenvalue weighted by Gasteiger charge is 2.27. The molecule has 5 heterocycles. The van der Waals surface area contributed by atoms with E-state index in [1.165, 1.54) is 11.9 Å². The number of amides is 1. The van der Waals surface area contributed by atoms with Crippen molar-refractivity contribution in [3.05, 3.63) is 53.6 Å². The van der Waals surface area contributed by atoms with Crippen LogP contribution in [-0.4, -0.2) is 80.8 Å². The Bertz CT molecular complexity index is 1780. The molecule has 1 aliphatic heterocycles. The number of pyridine rings is 2. The Labute approximate surface area is 279 Å². The molecule has 0 aliphatic carbocycles. The Balaban J connectivity index is 1.52. The van der Waals surface area contributed by atoms with Gasteiger partial charge in [-0.15, -0.1) is 0 Å². The van der Waals surface area contributed by atoms with Crippen LogP contribution in [-0.2, 0) is 16.2 Å². The summed E-state index contributed by atoms with van der Waals surface area (Å²) in [6, 6.07) is 5.18. The lowest BCUT2D eigenvalue weighted by atomic mass is 9.93. The molecule has 0 atom stereocenters. The van der Waals surface area contributed by atoms with Crippen LogP contribution in [0.15, 0.2) is 36.9 Å². The van der Waals surface area contributed by atoms with E-state index in [1.807, 2.05) is 43.9 Å². The summed E-state index contributed by atoms with van der Waals surface area (Å²) >= 11 is 0. The zero-order valence-corrected chi connectivity index (χ0v) is 30.5.